The van der Waals surface area contributed by atoms with Gasteiger partial charge in [0, 0.05) is 35.9 Å². The molecule has 1 heterocycles. The van der Waals surface area contributed by atoms with E-state index in [1.54, 1.807) is 13.0 Å². The summed E-state index contributed by atoms with van der Waals surface area (Å²) in [6.07, 6.45) is 2.92. The highest BCUT2D eigenvalue weighted by molar-refractivity contribution is 7.88. The average molecular weight is 504 g/mol. The van der Waals surface area contributed by atoms with E-state index in [1.165, 1.54) is 13.2 Å². The molecule has 0 radical (unpaired) electrons. The van der Waals surface area contributed by atoms with E-state index in [4.69, 9.17) is 8.92 Å². The van der Waals surface area contributed by atoms with Gasteiger partial charge in [0.2, 0.25) is 0 Å². The van der Waals surface area contributed by atoms with E-state index in [9.17, 15) is 31.5 Å². The molecule has 2 bridgehead atoms. The Kier molecular flexibility index (Phi) is 5.32. The quantitative estimate of drug-likeness (QED) is 0.488. The summed E-state index contributed by atoms with van der Waals surface area (Å²) in [7, 11) is -4.80. The van der Waals surface area contributed by atoms with Gasteiger partial charge in [0.25, 0.3) is 0 Å². The molecule has 1 N–H and O–H groups in total. The molecule has 1 aromatic rings. The largest absolute Gasteiger partial charge is 0.534 e. The van der Waals surface area contributed by atoms with Crippen LogP contribution in [-0.2, 0) is 26.7 Å². The van der Waals surface area contributed by atoms with Gasteiger partial charge < -0.3 is 14.0 Å². The number of fused-ring (bicyclic) bond motifs is 1. The summed E-state index contributed by atoms with van der Waals surface area (Å²) in [6.45, 7) is 3.12. The van der Waals surface area contributed by atoms with E-state index in [1.807, 2.05) is 0 Å². The third-order valence-electron chi connectivity index (χ3n) is 8.28. The zero-order valence-corrected chi connectivity index (χ0v) is 19.8. The van der Waals surface area contributed by atoms with Crippen molar-refractivity contribution in [1.29, 1.82) is 0 Å². The van der Waals surface area contributed by atoms with Gasteiger partial charge in [-0.2, -0.15) is 21.6 Å². The van der Waals surface area contributed by atoms with E-state index in [-0.39, 0.29) is 36.0 Å². The number of rotatable bonds is 5. The van der Waals surface area contributed by atoms with E-state index in [0.717, 1.165) is 19.4 Å². The fraction of sp³-hybridized carbons (Fsp3) is 0.696. The van der Waals surface area contributed by atoms with E-state index >= 15 is 0 Å². The Labute approximate surface area is 196 Å². The van der Waals surface area contributed by atoms with Crippen LogP contribution in [-0.4, -0.2) is 61.6 Å². The van der Waals surface area contributed by atoms with Crippen molar-refractivity contribution in [2.75, 3.05) is 20.2 Å². The minimum Gasteiger partial charge on any atom is -0.493 e. The fourth-order valence-corrected chi connectivity index (χ4v) is 6.92. The molecule has 1 aliphatic heterocycles. The van der Waals surface area contributed by atoms with E-state index < -0.39 is 38.3 Å². The SMILES string of the molecule is COc1ccc2c(c1OS(=O)(=O)C(F)(F)F)C13CCN(CC4CC4)C(C2)C1(O)CC(C)C(=O)C3. The van der Waals surface area contributed by atoms with Crippen LogP contribution in [0.1, 0.15) is 50.2 Å². The predicted molar refractivity (Wildman–Crippen MR) is 115 cm³/mol. The van der Waals surface area contributed by atoms with Gasteiger partial charge in [-0.05, 0) is 56.2 Å². The molecule has 34 heavy (non-hydrogen) atoms. The molecule has 0 aromatic heterocycles. The second-order valence-corrected chi connectivity index (χ2v) is 11.8. The third kappa shape index (κ3) is 3.37. The molecule has 3 aliphatic carbocycles. The number of benzene rings is 1. The summed E-state index contributed by atoms with van der Waals surface area (Å²) in [4.78, 5) is 15.2. The molecule has 11 heteroatoms. The Hall–Kier alpha value is -1.85. The Morgan fingerprint density at radius 1 is 1.26 bits per heavy atom. The molecule has 0 amide bonds. The lowest BCUT2D eigenvalue weighted by molar-refractivity contribution is -0.181. The number of ether oxygens (including phenoxy) is 1. The number of Topliss-reactive ketones (excluding diaryl/α,β-unsaturated/α-hetero) is 1. The van der Waals surface area contributed by atoms with Crippen LogP contribution in [0.15, 0.2) is 12.1 Å². The zero-order chi connectivity index (χ0) is 24.7. The van der Waals surface area contributed by atoms with Crippen LogP contribution in [0.25, 0.3) is 0 Å². The Balaban J connectivity index is 1.72. The van der Waals surface area contributed by atoms with Crippen LogP contribution < -0.4 is 8.92 Å². The molecule has 1 aromatic carbocycles. The third-order valence-corrected chi connectivity index (χ3v) is 9.23. The van der Waals surface area contributed by atoms with Crippen molar-refractivity contribution >= 4 is 15.9 Å². The number of carbonyl (C=O) groups excluding carboxylic acids is 1. The molecule has 188 valence electrons. The van der Waals surface area contributed by atoms with Crippen molar-refractivity contribution in [2.24, 2.45) is 11.8 Å². The maximum absolute atomic E-state index is 13.3. The maximum atomic E-state index is 13.3. The minimum atomic E-state index is -6.00. The predicted octanol–water partition coefficient (Wildman–Crippen LogP) is 2.93. The molecule has 3 fully saturated rings. The number of piperidine rings is 1. The van der Waals surface area contributed by atoms with Gasteiger partial charge in [0.15, 0.2) is 11.5 Å². The van der Waals surface area contributed by atoms with Crippen molar-refractivity contribution in [3.05, 3.63) is 23.3 Å². The van der Waals surface area contributed by atoms with E-state index in [0.29, 0.717) is 30.9 Å². The van der Waals surface area contributed by atoms with Crippen molar-refractivity contribution < 1.29 is 40.4 Å². The number of alkyl halides is 3. The molecule has 4 unspecified atom stereocenters. The molecular formula is C23H28F3NO6S. The van der Waals surface area contributed by atoms with Crippen LogP contribution in [0, 0.1) is 11.8 Å². The van der Waals surface area contributed by atoms with Crippen LogP contribution in [0.2, 0.25) is 0 Å². The Morgan fingerprint density at radius 3 is 2.59 bits per heavy atom. The van der Waals surface area contributed by atoms with Crippen molar-refractivity contribution in [2.45, 2.75) is 68.0 Å². The van der Waals surface area contributed by atoms with Gasteiger partial charge in [0.1, 0.15) is 5.78 Å². The number of hydrogen-bond acceptors (Lipinski definition) is 7. The first-order chi connectivity index (χ1) is 15.8. The molecule has 7 nitrogen and oxygen atoms in total. The van der Waals surface area contributed by atoms with Gasteiger partial charge >= 0.3 is 15.6 Å². The molecule has 4 aliphatic rings. The summed E-state index contributed by atoms with van der Waals surface area (Å²) in [5.41, 5.74) is -7.60. The highest BCUT2D eigenvalue weighted by Crippen LogP contribution is 2.62. The summed E-state index contributed by atoms with van der Waals surface area (Å²) >= 11 is 0. The van der Waals surface area contributed by atoms with Gasteiger partial charge in [-0.25, -0.2) is 0 Å². The molecule has 0 spiro atoms. The first-order valence-electron chi connectivity index (χ1n) is 11.5. The van der Waals surface area contributed by atoms with Gasteiger partial charge in [-0.3, -0.25) is 9.69 Å². The normalized spacial score (nSPS) is 33.8. The standard InChI is InChI=1S/C23H28F3NO6S/c1-13-10-22(29)18-9-15-5-6-17(32-2)20(33-34(30,31)23(24,25)26)19(15)21(22,11-16(13)28)7-8-27(18)12-14-3-4-14/h5-6,13-14,18,29H,3-4,7-12H2,1-2H3. The van der Waals surface area contributed by atoms with Crippen LogP contribution in [0.4, 0.5) is 13.2 Å². The number of ketones is 1. The summed E-state index contributed by atoms with van der Waals surface area (Å²) in [6, 6.07) is 2.74. The number of carbonyl (C=O) groups is 1. The van der Waals surface area contributed by atoms with Crippen molar-refractivity contribution in [1.82, 2.24) is 4.90 Å². The van der Waals surface area contributed by atoms with Crippen LogP contribution in [0.3, 0.4) is 0 Å². The zero-order valence-electron chi connectivity index (χ0n) is 19.0. The monoisotopic (exact) mass is 503 g/mol. The number of methoxy groups -OCH3 is 1. The number of halogens is 3. The topological polar surface area (TPSA) is 93.1 Å². The summed E-state index contributed by atoms with van der Waals surface area (Å²) < 4.78 is 73.8. The summed E-state index contributed by atoms with van der Waals surface area (Å²) in [5.74, 6) is -0.733. The van der Waals surface area contributed by atoms with Crippen LogP contribution in [0.5, 0.6) is 11.5 Å². The first-order valence-corrected chi connectivity index (χ1v) is 12.9. The smallest absolute Gasteiger partial charge is 0.493 e. The Morgan fingerprint density at radius 2 is 1.97 bits per heavy atom. The summed E-state index contributed by atoms with van der Waals surface area (Å²) in [5, 5.41) is 12.3. The lowest BCUT2D eigenvalue weighted by Gasteiger charge is -2.64. The highest BCUT2D eigenvalue weighted by Gasteiger charge is 2.67. The van der Waals surface area contributed by atoms with Crippen molar-refractivity contribution in [3.8, 4) is 11.5 Å². The Bertz CT molecular complexity index is 1130. The molecule has 2 saturated carbocycles. The molecule has 5 rings (SSSR count). The lowest BCUT2D eigenvalue weighted by Crippen LogP contribution is -2.74. The number of hydrogen-bond donors (Lipinski definition) is 1. The number of nitrogens with zero attached hydrogens (tertiary/aromatic N) is 1. The fourth-order valence-electron chi connectivity index (χ4n) is 6.44. The minimum absolute atomic E-state index is 0.0962. The van der Waals surface area contributed by atoms with Gasteiger partial charge in [-0.1, -0.05) is 13.0 Å². The second kappa shape index (κ2) is 7.57. The lowest BCUT2D eigenvalue weighted by atomic mass is 9.48. The number of aliphatic hydroxyl groups is 1. The van der Waals surface area contributed by atoms with Gasteiger partial charge in [-0.15, -0.1) is 0 Å². The second-order valence-electron chi connectivity index (χ2n) is 10.3. The molecular weight excluding hydrogens is 475 g/mol. The highest BCUT2D eigenvalue weighted by atomic mass is 32.2. The van der Waals surface area contributed by atoms with Gasteiger partial charge in [0.05, 0.1) is 12.7 Å². The first kappa shape index (κ1) is 23.9. The van der Waals surface area contributed by atoms with E-state index in [2.05, 4.69) is 4.90 Å². The number of likely N-dealkylation sites (tertiary alicyclic amines) is 1. The van der Waals surface area contributed by atoms with Crippen LogP contribution >= 0.6 is 0 Å². The average Bonchev–Trinajstić information content (AvgIpc) is 3.54. The molecule has 4 atom stereocenters. The van der Waals surface area contributed by atoms with Crippen molar-refractivity contribution in [3.63, 3.8) is 0 Å². The molecule has 1 saturated heterocycles. The maximum Gasteiger partial charge on any atom is 0.534 e.